The first-order valence-electron chi connectivity index (χ1n) is 7.74. The lowest BCUT2D eigenvalue weighted by atomic mass is 9.97. The predicted molar refractivity (Wildman–Crippen MR) is 89.6 cm³/mol. The van der Waals surface area contributed by atoms with E-state index in [0.717, 1.165) is 11.3 Å². The third kappa shape index (κ3) is 3.36. The Morgan fingerprint density at radius 3 is 2.48 bits per heavy atom. The van der Waals surface area contributed by atoms with Crippen LogP contribution in [-0.4, -0.2) is 38.4 Å². The van der Waals surface area contributed by atoms with Crippen molar-refractivity contribution >= 4 is 29.6 Å². The zero-order chi connectivity index (χ0) is 17.1. The molecule has 2 rings (SSSR count). The Labute approximate surface area is 136 Å². The molecule has 0 aliphatic carbocycles. The van der Waals surface area contributed by atoms with Crippen LogP contribution in [0.1, 0.15) is 38.2 Å². The first-order chi connectivity index (χ1) is 10.9. The quantitative estimate of drug-likeness (QED) is 0.662. The van der Waals surface area contributed by atoms with E-state index in [9.17, 15) is 14.4 Å². The van der Waals surface area contributed by atoms with Crippen LogP contribution in [0, 0.1) is 0 Å². The summed E-state index contributed by atoms with van der Waals surface area (Å²) in [5, 5.41) is 2.31. The Kier molecular flexibility index (Phi) is 5.03. The van der Waals surface area contributed by atoms with Crippen molar-refractivity contribution in [3.05, 3.63) is 23.8 Å². The number of rotatable bonds is 5. The Morgan fingerprint density at radius 1 is 1.26 bits per heavy atom. The van der Waals surface area contributed by atoms with Gasteiger partial charge in [-0.05, 0) is 24.0 Å². The molecule has 1 aromatic rings. The average molecular weight is 317 g/mol. The molecule has 1 aliphatic heterocycles. The van der Waals surface area contributed by atoms with Crippen molar-refractivity contribution in [1.29, 1.82) is 0 Å². The number of hydrogen-bond donors (Lipinski definition) is 1. The van der Waals surface area contributed by atoms with Crippen LogP contribution in [0.2, 0.25) is 0 Å². The molecule has 23 heavy (non-hydrogen) atoms. The van der Waals surface area contributed by atoms with Gasteiger partial charge in [-0.3, -0.25) is 19.7 Å². The van der Waals surface area contributed by atoms with Gasteiger partial charge in [-0.25, -0.2) is 0 Å². The minimum Gasteiger partial charge on any atom is -0.376 e. The number of imide groups is 1. The molecule has 6 heteroatoms. The summed E-state index contributed by atoms with van der Waals surface area (Å²) in [6, 6.07) is 5.09. The second-order valence-corrected chi connectivity index (χ2v) is 6.24. The number of nitrogens with one attached hydrogen (secondary N) is 1. The highest BCUT2D eigenvalue weighted by Crippen LogP contribution is 2.37. The summed E-state index contributed by atoms with van der Waals surface area (Å²) in [6.07, 6.45) is 1.25. The van der Waals surface area contributed by atoms with Crippen molar-refractivity contribution in [1.82, 2.24) is 5.32 Å². The van der Waals surface area contributed by atoms with Gasteiger partial charge in [0.25, 0.3) is 0 Å². The van der Waals surface area contributed by atoms with Gasteiger partial charge in [-0.15, -0.1) is 0 Å². The molecular weight excluding hydrogens is 294 g/mol. The average Bonchev–Trinajstić information content (AvgIpc) is 2.49. The maximum atomic E-state index is 12.1. The van der Waals surface area contributed by atoms with Gasteiger partial charge in [0, 0.05) is 20.5 Å². The lowest BCUT2D eigenvalue weighted by Gasteiger charge is -2.33. The number of para-hydroxylation sites is 1. The molecule has 0 saturated carbocycles. The highest BCUT2D eigenvalue weighted by molar-refractivity contribution is 6.04. The Balaban J connectivity index is 2.49. The van der Waals surface area contributed by atoms with E-state index in [1.807, 2.05) is 37.2 Å². The Morgan fingerprint density at radius 2 is 1.96 bits per heavy atom. The zero-order valence-electron chi connectivity index (χ0n) is 14.0. The van der Waals surface area contributed by atoms with Crippen molar-refractivity contribution in [2.75, 3.05) is 23.9 Å². The number of anilines is 2. The zero-order valence-corrected chi connectivity index (χ0v) is 14.0. The monoisotopic (exact) mass is 317 g/mol. The van der Waals surface area contributed by atoms with Gasteiger partial charge < -0.3 is 9.80 Å². The van der Waals surface area contributed by atoms with Crippen LogP contribution in [0.4, 0.5) is 11.4 Å². The fourth-order valence-electron chi connectivity index (χ4n) is 2.96. The second kappa shape index (κ2) is 6.81. The third-order valence-electron chi connectivity index (χ3n) is 4.05. The smallest absolute Gasteiger partial charge is 0.249 e. The summed E-state index contributed by atoms with van der Waals surface area (Å²) in [4.78, 5) is 38.6. The summed E-state index contributed by atoms with van der Waals surface area (Å²) in [6.45, 7) is 4.17. The van der Waals surface area contributed by atoms with Crippen molar-refractivity contribution in [2.24, 2.45) is 0 Å². The highest BCUT2D eigenvalue weighted by Gasteiger charge is 2.33. The number of nitrogens with zero attached hydrogens (tertiary/aromatic N) is 2. The normalized spacial score (nSPS) is 17.9. The van der Waals surface area contributed by atoms with Crippen molar-refractivity contribution in [3.8, 4) is 0 Å². The molecule has 0 spiro atoms. The van der Waals surface area contributed by atoms with Crippen LogP contribution >= 0.6 is 0 Å². The van der Waals surface area contributed by atoms with Gasteiger partial charge in [-0.2, -0.15) is 0 Å². The van der Waals surface area contributed by atoms with Gasteiger partial charge in [0.15, 0.2) is 0 Å². The molecule has 1 heterocycles. The Bertz CT molecular complexity index is 626. The molecule has 0 aromatic heterocycles. The summed E-state index contributed by atoms with van der Waals surface area (Å²) in [7, 11) is 3.83. The van der Waals surface area contributed by atoms with Gasteiger partial charge >= 0.3 is 0 Å². The van der Waals surface area contributed by atoms with E-state index < -0.39 is 11.9 Å². The minimum absolute atomic E-state index is 0.238. The van der Waals surface area contributed by atoms with Gasteiger partial charge in [0.2, 0.25) is 18.2 Å². The minimum atomic E-state index is -0.661. The van der Waals surface area contributed by atoms with Crippen LogP contribution in [0.5, 0.6) is 0 Å². The molecule has 124 valence electrons. The number of hydrogen-bond acceptors (Lipinski definition) is 4. The summed E-state index contributed by atoms with van der Waals surface area (Å²) >= 11 is 0. The van der Waals surface area contributed by atoms with E-state index in [1.165, 1.54) is 4.90 Å². The van der Waals surface area contributed by atoms with Crippen LogP contribution < -0.4 is 15.1 Å². The molecule has 3 amide bonds. The fraction of sp³-hybridized carbons (Fsp3) is 0.471. The maximum Gasteiger partial charge on any atom is 0.249 e. The van der Waals surface area contributed by atoms with E-state index in [1.54, 1.807) is 0 Å². The molecule has 1 aliphatic rings. The Hall–Kier alpha value is -2.37. The molecule has 1 N–H and O–H groups in total. The molecular formula is C17H23N3O3. The number of carbonyl (C=O) groups excluding carboxylic acids is 3. The number of piperidine rings is 1. The van der Waals surface area contributed by atoms with Gasteiger partial charge in [-0.1, -0.05) is 26.0 Å². The molecule has 1 aromatic carbocycles. The van der Waals surface area contributed by atoms with E-state index >= 15 is 0 Å². The number of benzene rings is 1. The number of amides is 3. The first-order valence-corrected chi connectivity index (χ1v) is 7.74. The molecule has 0 radical (unpaired) electrons. The summed E-state index contributed by atoms with van der Waals surface area (Å²) in [5.74, 6) is -0.434. The first kappa shape index (κ1) is 17.0. The van der Waals surface area contributed by atoms with Crippen molar-refractivity contribution in [2.45, 2.75) is 38.6 Å². The van der Waals surface area contributed by atoms with Gasteiger partial charge in [0.05, 0.1) is 11.4 Å². The summed E-state index contributed by atoms with van der Waals surface area (Å²) in [5.41, 5.74) is 2.71. The van der Waals surface area contributed by atoms with Crippen LogP contribution in [0.25, 0.3) is 0 Å². The standard InChI is InChI=1S/C17H23N3O3/c1-11(2)12-6-5-7-13(16(12)19(3)4)20(10-21)14-8-9-15(22)18-17(14)23/h5-7,10-11,14H,8-9H2,1-4H3,(H,18,22,23). The SMILES string of the molecule is CC(C)c1cccc(N(C=O)C2CCC(=O)NC2=O)c1N(C)C. The van der Waals surface area contributed by atoms with Crippen LogP contribution in [0.15, 0.2) is 18.2 Å². The van der Waals surface area contributed by atoms with E-state index in [4.69, 9.17) is 0 Å². The van der Waals surface area contributed by atoms with Crippen LogP contribution in [-0.2, 0) is 14.4 Å². The fourth-order valence-corrected chi connectivity index (χ4v) is 2.96. The number of carbonyl (C=O) groups is 3. The topological polar surface area (TPSA) is 69.7 Å². The van der Waals surface area contributed by atoms with E-state index in [2.05, 4.69) is 19.2 Å². The molecule has 1 unspecified atom stereocenters. The van der Waals surface area contributed by atoms with Gasteiger partial charge in [0.1, 0.15) is 6.04 Å². The molecule has 1 fully saturated rings. The molecule has 0 bridgehead atoms. The van der Waals surface area contributed by atoms with Crippen molar-refractivity contribution in [3.63, 3.8) is 0 Å². The van der Waals surface area contributed by atoms with E-state index in [0.29, 0.717) is 18.5 Å². The van der Waals surface area contributed by atoms with Crippen molar-refractivity contribution < 1.29 is 14.4 Å². The molecule has 1 saturated heterocycles. The predicted octanol–water partition coefficient (Wildman–Crippen LogP) is 1.64. The lowest BCUT2D eigenvalue weighted by molar-refractivity contribution is -0.134. The third-order valence-corrected chi connectivity index (χ3v) is 4.05. The second-order valence-electron chi connectivity index (χ2n) is 6.24. The largest absolute Gasteiger partial charge is 0.376 e. The highest BCUT2D eigenvalue weighted by atomic mass is 16.2. The van der Waals surface area contributed by atoms with Crippen LogP contribution in [0.3, 0.4) is 0 Å². The molecule has 1 atom stereocenters. The summed E-state index contributed by atoms with van der Waals surface area (Å²) < 4.78 is 0. The lowest BCUT2D eigenvalue weighted by Crippen LogP contribution is -2.52. The maximum absolute atomic E-state index is 12.1. The van der Waals surface area contributed by atoms with E-state index in [-0.39, 0.29) is 18.2 Å². The molecule has 6 nitrogen and oxygen atoms in total.